The molecule has 7 N–H and O–H groups in total. The zero-order valence-electron chi connectivity index (χ0n) is 23.1. The number of aliphatic hydroxyl groups excluding tert-OH is 2. The van der Waals surface area contributed by atoms with Crippen LogP contribution in [-0.2, 0) is 20.7 Å². The predicted octanol–water partition coefficient (Wildman–Crippen LogP) is 0.757. The van der Waals surface area contributed by atoms with Gasteiger partial charge in [-0.1, -0.05) is 0 Å². The van der Waals surface area contributed by atoms with Crippen molar-refractivity contribution in [1.29, 1.82) is 0 Å². The van der Waals surface area contributed by atoms with E-state index < -0.39 is 69.7 Å². The molecule has 42 heavy (non-hydrogen) atoms. The number of allylic oxidation sites excluding steroid dienone is 1. The number of hydrogen-bond acceptors (Lipinski definition) is 11. The highest BCUT2D eigenvalue weighted by molar-refractivity contribution is 6.24. The quantitative estimate of drug-likeness (QED) is 0.198. The molecule has 0 saturated carbocycles. The second kappa shape index (κ2) is 10.4. The number of carbonyl (C=O) groups is 4. The molecule has 2 aromatic rings. The molecule has 13 heteroatoms. The van der Waals surface area contributed by atoms with E-state index in [1.165, 1.54) is 24.1 Å². The number of furan rings is 1. The van der Waals surface area contributed by atoms with Crippen LogP contribution >= 0.6 is 0 Å². The van der Waals surface area contributed by atoms with Gasteiger partial charge in [0.2, 0.25) is 5.78 Å². The van der Waals surface area contributed by atoms with Gasteiger partial charge in [-0.3, -0.25) is 24.1 Å². The summed E-state index contributed by atoms with van der Waals surface area (Å²) in [5.74, 6) is -7.47. The zero-order valence-corrected chi connectivity index (χ0v) is 23.1. The molecule has 1 aromatic heterocycles. The first-order chi connectivity index (χ1) is 19.8. The Morgan fingerprint density at radius 3 is 2.52 bits per heavy atom. The van der Waals surface area contributed by atoms with E-state index >= 15 is 0 Å². The number of methoxy groups -OCH3 is 1. The number of fused-ring (bicyclic) bond motifs is 3. The van der Waals surface area contributed by atoms with Crippen LogP contribution in [0.5, 0.6) is 5.75 Å². The molecule has 1 heterocycles. The fourth-order valence-corrected chi connectivity index (χ4v) is 6.44. The first-order valence-electron chi connectivity index (χ1n) is 13.2. The van der Waals surface area contributed by atoms with Crippen molar-refractivity contribution in [2.24, 2.45) is 17.6 Å². The monoisotopic (exact) mass is 581 g/mol. The third-order valence-corrected chi connectivity index (χ3v) is 8.29. The van der Waals surface area contributed by atoms with Crippen molar-refractivity contribution in [1.82, 2.24) is 10.2 Å². The topological polar surface area (TPSA) is 213 Å². The number of carbonyl (C=O) groups excluding carboxylic acids is 4. The Labute approximate surface area is 239 Å². The molecule has 0 fully saturated rings. The number of rotatable bonds is 7. The van der Waals surface area contributed by atoms with Gasteiger partial charge >= 0.3 is 0 Å². The molecular weight excluding hydrogens is 550 g/mol. The molecule has 2 amide bonds. The maximum atomic E-state index is 13.9. The number of ether oxygens (including phenoxy) is 1. The van der Waals surface area contributed by atoms with Crippen molar-refractivity contribution in [3.8, 4) is 17.1 Å². The summed E-state index contributed by atoms with van der Waals surface area (Å²) in [5.41, 5.74) is 2.16. The summed E-state index contributed by atoms with van der Waals surface area (Å²) in [4.78, 5) is 53.3. The number of likely N-dealkylation sites (N-methyl/N-ethyl adjacent to an activating group) is 1. The first kappa shape index (κ1) is 29.0. The van der Waals surface area contributed by atoms with E-state index in [1.54, 1.807) is 26.2 Å². The van der Waals surface area contributed by atoms with Crippen LogP contribution in [0.4, 0.5) is 0 Å². The van der Waals surface area contributed by atoms with E-state index in [0.29, 0.717) is 17.7 Å². The number of amides is 2. The van der Waals surface area contributed by atoms with E-state index in [9.17, 15) is 39.6 Å². The van der Waals surface area contributed by atoms with Crippen molar-refractivity contribution >= 4 is 23.4 Å². The lowest BCUT2D eigenvalue weighted by Crippen LogP contribution is -2.63. The minimum atomic E-state index is -2.72. The Hall–Kier alpha value is -4.46. The number of nitrogens with two attached hydrogens (primary N) is 1. The van der Waals surface area contributed by atoms with E-state index in [0.717, 1.165) is 0 Å². The molecule has 5 rings (SSSR count). The van der Waals surface area contributed by atoms with E-state index in [2.05, 4.69) is 5.32 Å². The van der Waals surface area contributed by atoms with Gasteiger partial charge in [-0.05, 0) is 62.7 Å². The smallest absolute Gasteiger partial charge is 0.287 e. The number of phenols is 1. The lowest BCUT2D eigenvalue weighted by Gasteiger charge is -2.50. The number of benzene rings is 1. The van der Waals surface area contributed by atoms with Crippen LogP contribution in [-0.4, -0.2) is 94.7 Å². The highest BCUT2D eigenvalue weighted by Crippen LogP contribution is 2.53. The van der Waals surface area contributed by atoms with E-state index in [-0.39, 0.29) is 42.0 Å². The van der Waals surface area contributed by atoms with Crippen molar-refractivity contribution in [2.75, 3.05) is 34.4 Å². The molecule has 0 aliphatic heterocycles. The minimum absolute atomic E-state index is 0.0214. The summed E-state index contributed by atoms with van der Waals surface area (Å²) >= 11 is 0. The Balaban J connectivity index is 1.61. The molecule has 13 nitrogen and oxygen atoms in total. The summed E-state index contributed by atoms with van der Waals surface area (Å²) in [5, 5.41) is 47.4. The summed E-state index contributed by atoms with van der Waals surface area (Å²) < 4.78 is 10.7. The molecule has 1 aromatic carbocycles. The Kier molecular flexibility index (Phi) is 7.21. The maximum absolute atomic E-state index is 13.9. The molecule has 0 unspecified atom stereocenters. The lowest BCUT2D eigenvalue weighted by molar-refractivity contribution is -0.148. The fourth-order valence-electron chi connectivity index (χ4n) is 6.44. The molecule has 4 atom stereocenters. The number of hydrogen-bond donors (Lipinski definition) is 6. The number of Topliss-reactive ketones (excluding diaryl/α,β-unsaturated/α-hetero) is 2. The number of aromatic hydroxyl groups is 1. The first-order valence-corrected chi connectivity index (χ1v) is 13.2. The van der Waals surface area contributed by atoms with Crippen molar-refractivity contribution in [3.05, 3.63) is 63.8 Å². The third-order valence-electron chi connectivity index (χ3n) is 8.29. The normalized spacial score (nSPS) is 25.3. The second-order valence-corrected chi connectivity index (χ2v) is 10.9. The number of ketones is 2. The van der Waals surface area contributed by atoms with Gasteiger partial charge in [0.05, 0.1) is 18.2 Å². The van der Waals surface area contributed by atoms with Crippen LogP contribution in [0.2, 0.25) is 0 Å². The molecule has 0 spiro atoms. The number of nitrogens with one attached hydrogen (secondary N) is 1. The number of nitrogens with zero attached hydrogens (tertiary/aromatic N) is 1. The van der Waals surface area contributed by atoms with Crippen molar-refractivity contribution < 1.29 is 48.8 Å². The van der Waals surface area contributed by atoms with Crippen molar-refractivity contribution in [2.45, 2.75) is 24.5 Å². The summed E-state index contributed by atoms with van der Waals surface area (Å²) in [7, 11) is 4.62. The Morgan fingerprint density at radius 2 is 1.88 bits per heavy atom. The average Bonchev–Trinajstić information content (AvgIpc) is 3.41. The predicted molar refractivity (Wildman–Crippen MR) is 146 cm³/mol. The van der Waals surface area contributed by atoms with Gasteiger partial charge in [0.15, 0.2) is 17.1 Å². The van der Waals surface area contributed by atoms with Crippen LogP contribution in [0.15, 0.2) is 51.3 Å². The highest BCUT2D eigenvalue weighted by Gasteiger charge is 2.63. The number of aliphatic hydroxyl groups is 3. The minimum Gasteiger partial charge on any atom is -0.510 e. The van der Waals surface area contributed by atoms with Gasteiger partial charge < -0.3 is 40.6 Å². The molecule has 0 bridgehead atoms. The largest absolute Gasteiger partial charge is 0.510 e. The lowest BCUT2D eigenvalue weighted by atomic mass is 9.58. The summed E-state index contributed by atoms with van der Waals surface area (Å²) in [6.07, 6.45) is 0.0283. The molecular formula is C29H31N3O10. The van der Waals surface area contributed by atoms with E-state index in [4.69, 9.17) is 14.9 Å². The second-order valence-electron chi connectivity index (χ2n) is 10.9. The SMILES string of the molecule is COCCNC(=O)c1ccc(-c2ccc(O)c3c2C[C@H]2C[C@H]4[C@H](N(C)C)C(O)=C(C(N)=O)C(=O)[C@@]4(O)C(O)=C2C3=O)o1. The summed E-state index contributed by atoms with van der Waals surface area (Å²) in [6, 6.07) is 4.75. The van der Waals surface area contributed by atoms with Crippen LogP contribution in [0, 0.1) is 11.8 Å². The van der Waals surface area contributed by atoms with Gasteiger partial charge in [-0.2, -0.15) is 0 Å². The molecule has 3 aliphatic carbocycles. The van der Waals surface area contributed by atoms with Crippen LogP contribution < -0.4 is 11.1 Å². The third kappa shape index (κ3) is 4.19. The Bertz CT molecular complexity index is 1590. The van der Waals surface area contributed by atoms with Gasteiger partial charge in [-0.15, -0.1) is 0 Å². The van der Waals surface area contributed by atoms with Gasteiger partial charge in [0, 0.05) is 30.7 Å². The van der Waals surface area contributed by atoms with Gasteiger partial charge in [0.25, 0.3) is 11.8 Å². The maximum Gasteiger partial charge on any atom is 0.287 e. The standard InChI is InChI=1S/C29H31N3O10/c1-32(2)22-15-11-12-10-14-13(17-6-7-18(42-17)28(39)31-8-9-41-3)4-5-16(33)20(14)23(34)19(12)25(36)29(15,40)26(37)21(24(22)35)27(30)38/h4-7,12,15,22,33,35-36,40H,8-11H2,1-3H3,(H2,30,38)(H,31,39)/t12-,15-,22-,29-/m0/s1. The fraction of sp³-hybridized carbons (Fsp3) is 0.379. The highest BCUT2D eigenvalue weighted by atomic mass is 16.5. The number of phenolic OH excluding ortho intramolecular Hbond substituents is 1. The zero-order chi connectivity index (χ0) is 30.7. The molecule has 0 saturated heterocycles. The van der Waals surface area contributed by atoms with Crippen LogP contribution in [0.25, 0.3) is 11.3 Å². The van der Waals surface area contributed by atoms with Gasteiger partial charge in [-0.25, -0.2) is 0 Å². The molecule has 3 aliphatic rings. The van der Waals surface area contributed by atoms with E-state index in [1.807, 2.05) is 0 Å². The average molecular weight is 582 g/mol. The molecule has 222 valence electrons. The van der Waals surface area contributed by atoms with Crippen molar-refractivity contribution in [3.63, 3.8) is 0 Å². The summed E-state index contributed by atoms with van der Waals surface area (Å²) in [6.45, 7) is 0.579. The van der Waals surface area contributed by atoms with Crippen LogP contribution in [0.3, 0.4) is 0 Å². The Morgan fingerprint density at radius 1 is 1.17 bits per heavy atom. The molecule has 0 radical (unpaired) electrons. The number of primary amides is 1. The van der Waals surface area contributed by atoms with Gasteiger partial charge in [0.1, 0.15) is 28.6 Å². The van der Waals surface area contributed by atoms with Crippen LogP contribution in [0.1, 0.15) is 32.9 Å².